The monoisotopic (exact) mass is 249 g/mol. The third kappa shape index (κ3) is 5.67. The predicted molar refractivity (Wildman–Crippen MR) is 75.1 cm³/mol. The van der Waals surface area contributed by atoms with Crippen molar-refractivity contribution in [1.29, 1.82) is 0 Å². The first kappa shape index (κ1) is 13.2. The van der Waals surface area contributed by atoms with Crippen LogP contribution in [0.5, 0.6) is 5.75 Å². The van der Waals surface area contributed by atoms with Crippen LogP contribution in [-0.4, -0.2) is 17.9 Å². The standard InChI is InChI=1S/C12H15N3OS/c1-2-16-11-7-5-10(6-8-11)4-3-9-14-15-12(13)17/h3-9H,2H2,1H3,(H3,13,15,17). The third-order valence-electron chi connectivity index (χ3n) is 1.82. The molecule has 0 saturated carbocycles. The minimum absolute atomic E-state index is 0.149. The fraction of sp³-hybridized carbons (Fsp3) is 0.167. The lowest BCUT2D eigenvalue weighted by atomic mass is 10.2. The van der Waals surface area contributed by atoms with E-state index in [4.69, 9.17) is 10.5 Å². The van der Waals surface area contributed by atoms with Crippen LogP contribution in [0.1, 0.15) is 12.5 Å². The minimum Gasteiger partial charge on any atom is -0.494 e. The first-order valence-electron chi connectivity index (χ1n) is 5.20. The van der Waals surface area contributed by atoms with Gasteiger partial charge in [-0.15, -0.1) is 0 Å². The molecule has 4 nitrogen and oxygen atoms in total. The van der Waals surface area contributed by atoms with Crippen LogP contribution < -0.4 is 15.9 Å². The molecule has 0 heterocycles. The number of ether oxygens (including phenoxy) is 1. The van der Waals surface area contributed by atoms with Gasteiger partial charge in [0, 0.05) is 6.21 Å². The molecule has 0 aromatic heterocycles. The predicted octanol–water partition coefficient (Wildman–Crippen LogP) is 1.92. The van der Waals surface area contributed by atoms with E-state index in [-0.39, 0.29) is 5.11 Å². The number of hydrazone groups is 1. The average Bonchev–Trinajstić information content (AvgIpc) is 2.31. The van der Waals surface area contributed by atoms with Crippen molar-refractivity contribution in [1.82, 2.24) is 5.43 Å². The van der Waals surface area contributed by atoms with Crippen LogP contribution in [0.25, 0.3) is 6.08 Å². The van der Waals surface area contributed by atoms with Gasteiger partial charge in [0.25, 0.3) is 0 Å². The highest BCUT2D eigenvalue weighted by Gasteiger charge is 1.90. The molecule has 17 heavy (non-hydrogen) atoms. The fourth-order valence-electron chi connectivity index (χ4n) is 1.14. The highest BCUT2D eigenvalue weighted by Crippen LogP contribution is 2.12. The fourth-order valence-corrected chi connectivity index (χ4v) is 1.19. The molecule has 90 valence electrons. The molecule has 0 spiro atoms. The summed E-state index contributed by atoms with van der Waals surface area (Å²) in [6.45, 7) is 2.63. The van der Waals surface area contributed by atoms with Crippen LogP contribution in [0.15, 0.2) is 35.4 Å². The number of benzene rings is 1. The van der Waals surface area contributed by atoms with Crippen molar-refractivity contribution in [2.24, 2.45) is 10.8 Å². The molecule has 1 aromatic carbocycles. The van der Waals surface area contributed by atoms with E-state index in [2.05, 4.69) is 22.7 Å². The molecule has 0 radical (unpaired) electrons. The van der Waals surface area contributed by atoms with Gasteiger partial charge in [0.05, 0.1) is 6.61 Å². The molecule has 5 heteroatoms. The number of rotatable bonds is 5. The minimum atomic E-state index is 0.149. The van der Waals surface area contributed by atoms with Crippen LogP contribution in [0.3, 0.4) is 0 Å². The van der Waals surface area contributed by atoms with Gasteiger partial charge >= 0.3 is 0 Å². The average molecular weight is 249 g/mol. The lowest BCUT2D eigenvalue weighted by Gasteiger charge is -2.01. The molecule has 0 aliphatic heterocycles. The van der Waals surface area contributed by atoms with E-state index in [1.54, 1.807) is 12.3 Å². The first-order valence-corrected chi connectivity index (χ1v) is 5.61. The number of hydrogen-bond donors (Lipinski definition) is 2. The molecule has 0 atom stereocenters. The number of allylic oxidation sites excluding steroid dienone is 1. The summed E-state index contributed by atoms with van der Waals surface area (Å²) in [6, 6.07) is 7.79. The molecule has 0 aliphatic rings. The first-order chi connectivity index (χ1) is 8.22. The van der Waals surface area contributed by atoms with Gasteiger partial charge in [-0.05, 0) is 42.9 Å². The lowest BCUT2D eigenvalue weighted by molar-refractivity contribution is 0.340. The lowest BCUT2D eigenvalue weighted by Crippen LogP contribution is -2.23. The van der Waals surface area contributed by atoms with Crippen molar-refractivity contribution >= 4 is 29.6 Å². The van der Waals surface area contributed by atoms with Gasteiger partial charge in [0.1, 0.15) is 5.75 Å². The normalized spacial score (nSPS) is 10.9. The van der Waals surface area contributed by atoms with E-state index < -0.39 is 0 Å². The largest absolute Gasteiger partial charge is 0.494 e. The van der Waals surface area contributed by atoms with E-state index in [9.17, 15) is 0 Å². The molecule has 0 saturated heterocycles. The van der Waals surface area contributed by atoms with Crippen molar-refractivity contribution in [3.05, 3.63) is 35.9 Å². The van der Waals surface area contributed by atoms with Crippen LogP contribution >= 0.6 is 12.2 Å². The summed E-state index contributed by atoms with van der Waals surface area (Å²) < 4.78 is 5.34. The Morgan fingerprint density at radius 1 is 1.47 bits per heavy atom. The summed E-state index contributed by atoms with van der Waals surface area (Å²) in [5, 5.41) is 3.93. The number of nitrogens with two attached hydrogens (primary N) is 1. The Labute approximate surface area is 106 Å². The van der Waals surface area contributed by atoms with Gasteiger partial charge in [-0.3, -0.25) is 5.43 Å². The highest BCUT2D eigenvalue weighted by molar-refractivity contribution is 7.80. The second-order valence-electron chi connectivity index (χ2n) is 3.12. The summed E-state index contributed by atoms with van der Waals surface area (Å²) in [7, 11) is 0. The maximum absolute atomic E-state index is 5.34. The number of hydrogen-bond acceptors (Lipinski definition) is 3. The molecule has 0 amide bonds. The second-order valence-corrected chi connectivity index (χ2v) is 3.56. The SMILES string of the molecule is CCOc1ccc(C=CC=NNC(N)=S)cc1. The zero-order valence-electron chi connectivity index (χ0n) is 9.59. The quantitative estimate of drug-likeness (QED) is 0.475. The smallest absolute Gasteiger partial charge is 0.184 e. The van der Waals surface area contributed by atoms with Crippen molar-refractivity contribution in [3.8, 4) is 5.75 Å². The molecule has 0 fully saturated rings. The number of nitrogens with one attached hydrogen (secondary N) is 1. The molecule has 0 unspecified atom stereocenters. The summed E-state index contributed by atoms with van der Waals surface area (Å²) in [6.07, 6.45) is 5.29. The molecule has 3 N–H and O–H groups in total. The van der Waals surface area contributed by atoms with E-state index in [0.717, 1.165) is 11.3 Å². The zero-order chi connectivity index (χ0) is 12.5. The van der Waals surface area contributed by atoms with E-state index >= 15 is 0 Å². The van der Waals surface area contributed by atoms with Gasteiger partial charge in [0.2, 0.25) is 0 Å². The summed E-state index contributed by atoms with van der Waals surface area (Å²) in [5.74, 6) is 0.869. The van der Waals surface area contributed by atoms with E-state index in [0.29, 0.717) is 6.61 Å². The number of thiocarbonyl (C=S) groups is 1. The van der Waals surface area contributed by atoms with E-state index in [1.807, 2.05) is 37.3 Å². The van der Waals surface area contributed by atoms with Gasteiger partial charge < -0.3 is 10.5 Å². The van der Waals surface area contributed by atoms with Gasteiger partial charge in [-0.2, -0.15) is 5.10 Å². The van der Waals surface area contributed by atoms with Crippen molar-refractivity contribution in [3.63, 3.8) is 0 Å². The molecule has 0 bridgehead atoms. The van der Waals surface area contributed by atoms with Crippen LogP contribution in [0.4, 0.5) is 0 Å². The molecule has 1 aromatic rings. The Morgan fingerprint density at radius 2 is 2.18 bits per heavy atom. The van der Waals surface area contributed by atoms with Crippen molar-refractivity contribution in [2.45, 2.75) is 6.92 Å². The molecular weight excluding hydrogens is 234 g/mol. The van der Waals surface area contributed by atoms with Gasteiger partial charge in [-0.25, -0.2) is 0 Å². The second kappa shape index (κ2) is 7.40. The highest BCUT2D eigenvalue weighted by atomic mass is 32.1. The van der Waals surface area contributed by atoms with Crippen LogP contribution in [0, 0.1) is 0 Å². The zero-order valence-corrected chi connectivity index (χ0v) is 10.4. The maximum atomic E-state index is 5.34. The van der Waals surface area contributed by atoms with Crippen molar-refractivity contribution < 1.29 is 4.74 Å². The Balaban J connectivity index is 2.48. The third-order valence-corrected chi connectivity index (χ3v) is 1.91. The topological polar surface area (TPSA) is 59.6 Å². The van der Waals surface area contributed by atoms with Gasteiger partial charge in [-0.1, -0.05) is 18.2 Å². The molecular formula is C12H15N3OS. The van der Waals surface area contributed by atoms with Gasteiger partial charge in [0.15, 0.2) is 5.11 Å². The van der Waals surface area contributed by atoms with Crippen LogP contribution in [0.2, 0.25) is 0 Å². The maximum Gasteiger partial charge on any atom is 0.184 e. The summed E-state index contributed by atoms with van der Waals surface area (Å²) >= 11 is 4.59. The molecule has 0 aliphatic carbocycles. The Bertz CT molecular complexity index is 412. The Kier molecular flexibility index (Phi) is 5.74. The Hall–Kier alpha value is -1.88. The molecule has 1 rings (SSSR count). The van der Waals surface area contributed by atoms with E-state index in [1.165, 1.54) is 0 Å². The van der Waals surface area contributed by atoms with Crippen LogP contribution in [-0.2, 0) is 0 Å². The number of nitrogens with zero attached hydrogens (tertiary/aromatic N) is 1. The Morgan fingerprint density at radius 3 is 2.76 bits per heavy atom. The summed E-state index contributed by atoms with van der Waals surface area (Å²) in [5.41, 5.74) is 8.73. The van der Waals surface area contributed by atoms with Crippen molar-refractivity contribution in [2.75, 3.05) is 6.61 Å². The summed E-state index contributed by atoms with van der Waals surface area (Å²) in [4.78, 5) is 0.